The molecule has 0 saturated carbocycles. The molecule has 3 aromatic rings. The molecule has 22 heavy (non-hydrogen) atoms. The van der Waals surface area contributed by atoms with E-state index in [2.05, 4.69) is 15.3 Å². The Morgan fingerprint density at radius 3 is 2.18 bits per heavy atom. The SMILES string of the molecule is O=C(Nc1cnc(-c2ccccc2)nc1)c1ccc(F)cc1. The summed E-state index contributed by atoms with van der Waals surface area (Å²) in [6, 6.07) is 14.9. The van der Waals surface area contributed by atoms with E-state index in [1.165, 1.54) is 36.7 Å². The normalized spacial score (nSPS) is 10.2. The number of aromatic nitrogens is 2. The lowest BCUT2D eigenvalue weighted by Crippen LogP contribution is -2.12. The molecule has 5 heteroatoms. The molecule has 1 heterocycles. The molecular weight excluding hydrogens is 281 g/mol. The summed E-state index contributed by atoms with van der Waals surface area (Å²) in [4.78, 5) is 20.4. The van der Waals surface area contributed by atoms with Crippen LogP contribution >= 0.6 is 0 Å². The molecule has 0 unspecified atom stereocenters. The molecule has 0 spiro atoms. The van der Waals surface area contributed by atoms with E-state index in [0.29, 0.717) is 17.1 Å². The lowest BCUT2D eigenvalue weighted by atomic mass is 10.2. The summed E-state index contributed by atoms with van der Waals surface area (Å²) >= 11 is 0. The number of nitrogens with one attached hydrogen (secondary N) is 1. The van der Waals surface area contributed by atoms with Gasteiger partial charge in [-0.25, -0.2) is 14.4 Å². The van der Waals surface area contributed by atoms with E-state index in [9.17, 15) is 9.18 Å². The Morgan fingerprint density at radius 2 is 1.55 bits per heavy atom. The van der Waals surface area contributed by atoms with Crippen molar-refractivity contribution in [1.29, 1.82) is 0 Å². The standard InChI is InChI=1S/C17H12FN3O/c18-14-8-6-13(7-9-14)17(22)21-15-10-19-16(20-11-15)12-4-2-1-3-5-12/h1-11H,(H,21,22). The van der Waals surface area contributed by atoms with Crippen LogP contribution in [0.4, 0.5) is 10.1 Å². The van der Waals surface area contributed by atoms with Crippen molar-refractivity contribution in [3.63, 3.8) is 0 Å². The lowest BCUT2D eigenvalue weighted by molar-refractivity contribution is 0.102. The Balaban J connectivity index is 1.73. The van der Waals surface area contributed by atoms with E-state index in [1.54, 1.807) is 0 Å². The van der Waals surface area contributed by atoms with Crippen molar-refractivity contribution in [2.75, 3.05) is 5.32 Å². The third kappa shape index (κ3) is 3.15. The van der Waals surface area contributed by atoms with Gasteiger partial charge in [-0.2, -0.15) is 0 Å². The second-order valence-corrected chi connectivity index (χ2v) is 4.62. The van der Waals surface area contributed by atoms with Crippen LogP contribution in [0.3, 0.4) is 0 Å². The number of amides is 1. The minimum atomic E-state index is -0.382. The summed E-state index contributed by atoms with van der Waals surface area (Å²) in [5.74, 6) is -0.136. The van der Waals surface area contributed by atoms with Crippen molar-refractivity contribution in [1.82, 2.24) is 9.97 Å². The first-order valence-corrected chi connectivity index (χ1v) is 6.67. The third-order valence-electron chi connectivity index (χ3n) is 3.05. The first kappa shape index (κ1) is 13.9. The zero-order valence-electron chi connectivity index (χ0n) is 11.5. The van der Waals surface area contributed by atoms with Gasteiger partial charge in [0.05, 0.1) is 18.1 Å². The van der Waals surface area contributed by atoms with E-state index >= 15 is 0 Å². The molecule has 2 aromatic carbocycles. The van der Waals surface area contributed by atoms with Gasteiger partial charge in [0.1, 0.15) is 5.82 Å². The van der Waals surface area contributed by atoms with Gasteiger partial charge in [-0.15, -0.1) is 0 Å². The maximum Gasteiger partial charge on any atom is 0.255 e. The monoisotopic (exact) mass is 293 g/mol. The van der Waals surface area contributed by atoms with E-state index < -0.39 is 0 Å². The van der Waals surface area contributed by atoms with Crippen LogP contribution in [0.15, 0.2) is 67.0 Å². The van der Waals surface area contributed by atoms with Crippen molar-refractivity contribution in [2.24, 2.45) is 0 Å². The van der Waals surface area contributed by atoms with E-state index in [1.807, 2.05) is 30.3 Å². The Kier molecular flexibility index (Phi) is 3.87. The molecule has 0 atom stereocenters. The first-order chi connectivity index (χ1) is 10.7. The summed E-state index contributed by atoms with van der Waals surface area (Å²) < 4.78 is 12.8. The molecule has 0 radical (unpaired) electrons. The van der Waals surface area contributed by atoms with Crippen LogP contribution in [0, 0.1) is 5.82 Å². The number of halogens is 1. The topological polar surface area (TPSA) is 54.9 Å². The predicted molar refractivity (Wildman–Crippen MR) is 81.8 cm³/mol. The number of rotatable bonds is 3. The number of carbonyl (C=O) groups is 1. The number of benzene rings is 2. The van der Waals surface area contributed by atoms with Crippen LogP contribution in [-0.4, -0.2) is 15.9 Å². The minimum absolute atomic E-state index is 0.337. The summed E-state index contributed by atoms with van der Waals surface area (Å²) in [5.41, 5.74) is 1.75. The maximum absolute atomic E-state index is 12.8. The highest BCUT2D eigenvalue weighted by Gasteiger charge is 2.07. The van der Waals surface area contributed by atoms with Crippen LogP contribution in [0.5, 0.6) is 0 Å². The molecule has 0 saturated heterocycles. The lowest BCUT2D eigenvalue weighted by Gasteiger charge is -2.05. The third-order valence-corrected chi connectivity index (χ3v) is 3.05. The van der Waals surface area contributed by atoms with Gasteiger partial charge < -0.3 is 5.32 Å². The number of hydrogen-bond donors (Lipinski definition) is 1. The maximum atomic E-state index is 12.8. The van der Waals surface area contributed by atoms with Gasteiger partial charge in [-0.3, -0.25) is 4.79 Å². The molecule has 0 aliphatic rings. The van der Waals surface area contributed by atoms with Crippen LogP contribution in [0.2, 0.25) is 0 Å². The molecule has 1 amide bonds. The Morgan fingerprint density at radius 1 is 0.909 bits per heavy atom. The highest BCUT2D eigenvalue weighted by molar-refractivity contribution is 6.04. The summed E-state index contributed by atoms with van der Waals surface area (Å²) in [6.45, 7) is 0. The second kappa shape index (κ2) is 6.13. The fourth-order valence-corrected chi connectivity index (χ4v) is 1.93. The molecule has 0 fully saturated rings. The molecule has 4 nitrogen and oxygen atoms in total. The summed E-state index contributed by atoms with van der Waals surface area (Å²) in [6.07, 6.45) is 3.08. The Hall–Kier alpha value is -3.08. The van der Waals surface area contributed by atoms with Crippen molar-refractivity contribution >= 4 is 11.6 Å². The summed E-state index contributed by atoms with van der Waals surface area (Å²) in [5, 5.41) is 2.67. The zero-order valence-corrected chi connectivity index (χ0v) is 11.5. The van der Waals surface area contributed by atoms with E-state index in [0.717, 1.165) is 5.56 Å². The van der Waals surface area contributed by atoms with Crippen LogP contribution in [0.25, 0.3) is 11.4 Å². The smallest absolute Gasteiger partial charge is 0.255 e. The average molecular weight is 293 g/mol. The van der Waals surface area contributed by atoms with E-state index in [4.69, 9.17) is 0 Å². The molecule has 108 valence electrons. The molecule has 0 aliphatic carbocycles. The van der Waals surface area contributed by atoms with Gasteiger partial charge >= 0.3 is 0 Å². The molecule has 3 rings (SSSR count). The number of nitrogens with zero attached hydrogens (tertiary/aromatic N) is 2. The molecular formula is C17H12FN3O. The van der Waals surface area contributed by atoms with Crippen molar-refractivity contribution in [3.8, 4) is 11.4 Å². The van der Waals surface area contributed by atoms with Gasteiger partial charge in [0.15, 0.2) is 5.82 Å². The Bertz CT molecular complexity index is 771. The fourth-order valence-electron chi connectivity index (χ4n) is 1.93. The Labute approximate surface area is 126 Å². The van der Waals surface area contributed by atoms with Gasteiger partial charge in [0.25, 0.3) is 5.91 Å². The molecule has 1 aromatic heterocycles. The predicted octanol–water partition coefficient (Wildman–Crippen LogP) is 3.54. The molecule has 0 bridgehead atoms. The number of anilines is 1. The number of carbonyl (C=O) groups excluding carboxylic acids is 1. The highest BCUT2D eigenvalue weighted by Crippen LogP contribution is 2.15. The highest BCUT2D eigenvalue weighted by atomic mass is 19.1. The van der Waals surface area contributed by atoms with Gasteiger partial charge in [0.2, 0.25) is 0 Å². The quantitative estimate of drug-likeness (QED) is 0.803. The van der Waals surface area contributed by atoms with Gasteiger partial charge in [-0.05, 0) is 24.3 Å². The molecule has 0 aliphatic heterocycles. The van der Waals surface area contributed by atoms with Crippen LogP contribution in [-0.2, 0) is 0 Å². The van der Waals surface area contributed by atoms with Crippen molar-refractivity contribution in [3.05, 3.63) is 78.4 Å². The first-order valence-electron chi connectivity index (χ1n) is 6.67. The van der Waals surface area contributed by atoms with E-state index in [-0.39, 0.29) is 11.7 Å². The molecule has 1 N–H and O–H groups in total. The number of hydrogen-bond acceptors (Lipinski definition) is 3. The summed E-state index contributed by atoms with van der Waals surface area (Å²) in [7, 11) is 0. The zero-order chi connectivity index (χ0) is 15.4. The van der Waals surface area contributed by atoms with Crippen LogP contribution < -0.4 is 5.32 Å². The van der Waals surface area contributed by atoms with Crippen molar-refractivity contribution < 1.29 is 9.18 Å². The largest absolute Gasteiger partial charge is 0.319 e. The minimum Gasteiger partial charge on any atom is -0.319 e. The van der Waals surface area contributed by atoms with Crippen LogP contribution in [0.1, 0.15) is 10.4 Å². The van der Waals surface area contributed by atoms with Gasteiger partial charge in [0, 0.05) is 11.1 Å². The van der Waals surface area contributed by atoms with Gasteiger partial charge in [-0.1, -0.05) is 30.3 Å². The average Bonchev–Trinajstić information content (AvgIpc) is 2.57. The van der Waals surface area contributed by atoms with Crippen molar-refractivity contribution in [2.45, 2.75) is 0 Å². The second-order valence-electron chi connectivity index (χ2n) is 4.62. The fraction of sp³-hybridized carbons (Fsp3) is 0.